The van der Waals surface area contributed by atoms with Crippen LogP contribution in [0.5, 0.6) is 0 Å². The van der Waals surface area contributed by atoms with Crippen LogP contribution in [0.4, 0.5) is 0 Å². The number of rotatable bonds is 2. The van der Waals surface area contributed by atoms with Crippen LogP contribution in [0.1, 0.15) is 1.37 Å². The van der Waals surface area contributed by atoms with Gasteiger partial charge in [0.2, 0.25) is 0 Å². The molecule has 24 heavy (non-hydrogen) atoms. The van der Waals surface area contributed by atoms with Crippen molar-refractivity contribution >= 4 is 10.9 Å². The van der Waals surface area contributed by atoms with Gasteiger partial charge in [-0.1, -0.05) is 78.9 Å². The number of para-hydroxylation sites is 1. The summed E-state index contributed by atoms with van der Waals surface area (Å²) in [5, 5.41) is 0.916. The Morgan fingerprint density at radius 2 is 1.29 bits per heavy atom. The maximum Gasteiger partial charge on any atom is 0.259 e. The van der Waals surface area contributed by atoms with Gasteiger partial charge in [-0.3, -0.25) is 4.79 Å². The summed E-state index contributed by atoms with van der Waals surface area (Å²) in [5.41, 5.74) is 4.00. The van der Waals surface area contributed by atoms with Crippen molar-refractivity contribution in [2.75, 3.05) is 0 Å². The molecule has 0 aliphatic rings. The Morgan fingerprint density at radius 1 is 0.750 bits per heavy atom. The average Bonchev–Trinajstić information content (AvgIpc) is 2.65. The summed E-state index contributed by atoms with van der Waals surface area (Å²) >= 11 is 0. The van der Waals surface area contributed by atoms with Gasteiger partial charge in [0.1, 0.15) is 0 Å². The first-order valence-electron chi connectivity index (χ1n) is 8.41. The fourth-order valence-electron chi connectivity index (χ4n) is 3.20. The van der Waals surface area contributed by atoms with Gasteiger partial charge in [-0.05, 0) is 17.2 Å². The normalized spacial score (nSPS) is 11.5. The van der Waals surface area contributed by atoms with Crippen LogP contribution in [0, 0.1) is 0 Å². The molecule has 3 aromatic carbocycles. The minimum atomic E-state index is -0.0859. The molecule has 0 saturated heterocycles. The fraction of sp³-hybridized carbons (Fsp3) is 0.0455. The Balaban J connectivity index is 2.25. The smallest absolute Gasteiger partial charge is 0.259 e. The third kappa shape index (κ3) is 2.24. The lowest BCUT2D eigenvalue weighted by Crippen LogP contribution is -2.20. The van der Waals surface area contributed by atoms with Crippen LogP contribution in [0.15, 0.2) is 89.7 Å². The molecule has 0 saturated carbocycles. The van der Waals surface area contributed by atoms with E-state index >= 15 is 0 Å². The summed E-state index contributed by atoms with van der Waals surface area (Å²) < 4.78 is 9.87. The maximum absolute atomic E-state index is 13.2. The number of nitrogens with zero attached hydrogens (tertiary/aromatic N) is 1. The van der Waals surface area contributed by atoms with E-state index in [0.717, 1.165) is 22.1 Å². The number of fused-ring (bicyclic) bond motifs is 1. The summed E-state index contributed by atoms with van der Waals surface area (Å²) in [4.78, 5) is 13.2. The minimum Gasteiger partial charge on any atom is -0.311 e. The first kappa shape index (κ1) is 13.3. The predicted molar refractivity (Wildman–Crippen MR) is 100 cm³/mol. The molecule has 0 amide bonds. The zero-order valence-corrected chi connectivity index (χ0v) is 13.4. The summed E-state index contributed by atoms with van der Waals surface area (Å²) in [6.07, 6.45) is 0. The van der Waals surface area contributed by atoms with E-state index in [4.69, 9.17) is 1.37 Å². The third-order valence-electron chi connectivity index (χ3n) is 4.33. The van der Waals surface area contributed by atoms with Gasteiger partial charge < -0.3 is 4.57 Å². The van der Waals surface area contributed by atoms with Gasteiger partial charge in [0.25, 0.3) is 5.56 Å². The Hall–Kier alpha value is -3.13. The Morgan fingerprint density at radius 3 is 1.92 bits per heavy atom. The van der Waals surface area contributed by atoms with Crippen LogP contribution < -0.4 is 5.56 Å². The van der Waals surface area contributed by atoms with E-state index in [1.165, 1.54) is 0 Å². The molecule has 0 aliphatic carbocycles. The van der Waals surface area contributed by atoms with Gasteiger partial charge >= 0.3 is 0 Å². The maximum atomic E-state index is 13.2. The van der Waals surface area contributed by atoms with E-state index in [1.807, 2.05) is 72.8 Å². The SMILES string of the molecule is [2H]c1cccc2c(-c3ccccc3)c(-c3ccccc3)c(=O)n(C)c12. The van der Waals surface area contributed by atoms with Crippen molar-refractivity contribution in [1.82, 2.24) is 4.57 Å². The van der Waals surface area contributed by atoms with Gasteiger partial charge in [0, 0.05) is 18.0 Å². The number of hydrogen-bond acceptors (Lipinski definition) is 1. The number of benzene rings is 3. The second-order valence-electron chi connectivity index (χ2n) is 5.78. The van der Waals surface area contributed by atoms with Crippen LogP contribution in [0.3, 0.4) is 0 Å². The van der Waals surface area contributed by atoms with Crippen molar-refractivity contribution < 1.29 is 1.37 Å². The van der Waals surface area contributed by atoms with Gasteiger partial charge in [-0.2, -0.15) is 0 Å². The molecule has 1 heterocycles. The largest absolute Gasteiger partial charge is 0.311 e. The Labute approximate surface area is 142 Å². The van der Waals surface area contributed by atoms with Crippen molar-refractivity contribution in [2.24, 2.45) is 7.05 Å². The molecule has 0 bridgehead atoms. The monoisotopic (exact) mass is 312 g/mol. The molecule has 116 valence electrons. The molecular weight excluding hydrogens is 294 g/mol. The summed E-state index contributed by atoms with van der Waals surface area (Å²) in [6.45, 7) is 0. The number of hydrogen-bond donors (Lipinski definition) is 0. The lowest BCUT2D eigenvalue weighted by molar-refractivity contribution is 0.909. The molecular formula is C22H17NO. The van der Waals surface area contributed by atoms with Crippen molar-refractivity contribution in [3.8, 4) is 22.3 Å². The first-order chi connectivity index (χ1) is 12.2. The van der Waals surface area contributed by atoms with Crippen molar-refractivity contribution in [1.29, 1.82) is 0 Å². The van der Waals surface area contributed by atoms with Crippen LogP contribution in [-0.4, -0.2) is 4.57 Å². The van der Waals surface area contributed by atoms with Gasteiger partial charge in [0.15, 0.2) is 0 Å². The zero-order valence-electron chi connectivity index (χ0n) is 14.4. The summed E-state index contributed by atoms with van der Waals surface area (Å²) in [6, 6.07) is 25.6. The van der Waals surface area contributed by atoms with E-state index in [1.54, 1.807) is 17.7 Å². The molecule has 0 radical (unpaired) electrons. The fourth-order valence-corrected chi connectivity index (χ4v) is 3.20. The predicted octanol–water partition coefficient (Wildman–Crippen LogP) is 4.87. The van der Waals surface area contributed by atoms with E-state index < -0.39 is 0 Å². The number of pyridine rings is 1. The highest BCUT2D eigenvalue weighted by Gasteiger charge is 2.17. The van der Waals surface area contributed by atoms with Gasteiger partial charge in [-0.15, -0.1) is 0 Å². The lowest BCUT2D eigenvalue weighted by atomic mass is 9.92. The highest BCUT2D eigenvalue weighted by atomic mass is 16.1. The van der Waals surface area contributed by atoms with Crippen molar-refractivity contribution in [3.63, 3.8) is 0 Å². The quantitative estimate of drug-likeness (QED) is 0.517. The van der Waals surface area contributed by atoms with E-state index in [0.29, 0.717) is 17.1 Å². The van der Waals surface area contributed by atoms with Crippen LogP contribution in [0.2, 0.25) is 0 Å². The highest BCUT2D eigenvalue weighted by Crippen LogP contribution is 2.35. The molecule has 0 atom stereocenters. The molecule has 2 nitrogen and oxygen atoms in total. The van der Waals surface area contributed by atoms with Crippen molar-refractivity contribution in [3.05, 3.63) is 95.3 Å². The molecule has 0 aliphatic heterocycles. The average molecular weight is 312 g/mol. The highest BCUT2D eigenvalue weighted by molar-refractivity contribution is 6.02. The first-order valence-corrected chi connectivity index (χ1v) is 7.91. The lowest BCUT2D eigenvalue weighted by Gasteiger charge is -2.16. The molecule has 4 rings (SSSR count). The second-order valence-corrected chi connectivity index (χ2v) is 5.78. The van der Waals surface area contributed by atoms with E-state index in [-0.39, 0.29) is 5.56 Å². The van der Waals surface area contributed by atoms with Crippen LogP contribution in [-0.2, 0) is 7.05 Å². The van der Waals surface area contributed by atoms with Gasteiger partial charge in [-0.25, -0.2) is 0 Å². The molecule has 0 unspecified atom stereocenters. The third-order valence-corrected chi connectivity index (χ3v) is 4.33. The minimum absolute atomic E-state index is 0.0859. The topological polar surface area (TPSA) is 22.0 Å². The Bertz CT molecular complexity index is 1120. The number of aromatic nitrogens is 1. The van der Waals surface area contributed by atoms with Gasteiger partial charge in [0.05, 0.1) is 12.5 Å². The van der Waals surface area contributed by atoms with E-state index in [9.17, 15) is 4.79 Å². The number of aryl methyl sites for hydroxylation is 1. The van der Waals surface area contributed by atoms with Crippen LogP contribution in [0.25, 0.3) is 33.2 Å². The molecule has 2 heteroatoms. The molecule has 0 fully saturated rings. The standard InChI is InChI=1S/C22H17NO/c1-23-19-15-9-8-14-18(19)20(16-10-4-2-5-11-16)21(22(23)24)17-12-6-3-7-13-17/h2-15H,1H3/i15D. The second kappa shape index (κ2) is 5.82. The molecule has 0 spiro atoms. The van der Waals surface area contributed by atoms with Crippen molar-refractivity contribution in [2.45, 2.75) is 0 Å². The molecule has 4 aromatic rings. The summed E-state index contributed by atoms with van der Waals surface area (Å²) in [7, 11) is 1.74. The molecule has 0 N–H and O–H groups in total. The van der Waals surface area contributed by atoms with Crippen LogP contribution >= 0.6 is 0 Å². The summed E-state index contributed by atoms with van der Waals surface area (Å²) in [5.74, 6) is 0. The molecule has 1 aromatic heterocycles. The Kier molecular flexibility index (Phi) is 3.23. The zero-order chi connectivity index (χ0) is 17.4. The van der Waals surface area contributed by atoms with E-state index in [2.05, 4.69) is 0 Å².